The van der Waals surface area contributed by atoms with E-state index in [1.54, 1.807) is 66.7 Å². The van der Waals surface area contributed by atoms with Gasteiger partial charge in [-0.15, -0.1) is 0 Å². The monoisotopic (exact) mass is 584 g/mol. The number of carbonyl (C=O) groups excluding carboxylic acids is 3. The first-order valence-electron chi connectivity index (χ1n) is 12.9. The topological polar surface area (TPSA) is 110 Å². The fourth-order valence-electron chi connectivity index (χ4n) is 4.41. The molecule has 5 rings (SSSR count). The highest BCUT2D eigenvalue weighted by Gasteiger charge is 2.30. The fraction of sp³-hybridized carbons (Fsp3) is 0.0938. The first-order valence-corrected chi connectivity index (χ1v) is 12.9. The summed E-state index contributed by atoms with van der Waals surface area (Å²) >= 11 is 0. The minimum Gasteiger partial charge on any atom is -0.467 e. The Labute approximate surface area is 243 Å². The number of fused-ring (bicyclic) bond motifs is 1. The molecule has 43 heavy (non-hydrogen) atoms. The van der Waals surface area contributed by atoms with Crippen molar-refractivity contribution < 1.29 is 32.3 Å². The van der Waals surface area contributed by atoms with E-state index in [-0.39, 0.29) is 22.6 Å². The van der Waals surface area contributed by atoms with Gasteiger partial charge in [0, 0.05) is 22.7 Å². The average Bonchev–Trinajstić information content (AvgIpc) is 3.03. The summed E-state index contributed by atoms with van der Waals surface area (Å²) in [6, 6.07) is 23.1. The Hall–Kier alpha value is -5.58. The largest absolute Gasteiger partial charge is 0.467 e. The van der Waals surface area contributed by atoms with Crippen molar-refractivity contribution in [2.24, 2.45) is 0 Å². The molecule has 0 spiro atoms. The van der Waals surface area contributed by atoms with Crippen molar-refractivity contribution in [3.63, 3.8) is 0 Å². The number of pyridine rings is 2. The minimum atomic E-state index is -4.48. The van der Waals surface area contributed by atoms with Gasteiger partial charge in [-0.25, -0.2) is 9.78 Å². The van der Waals surface area contributed by atoms with Crippen molar-refractivity contribution in [3.8, 4) is 11.3 Å². The minimum absolute atomic E-state index is 0.148. The second-order valence-electron chi connectivity index (χ2n) is 9.37. The van der Waals surface area contributed by atoms with Gasteiger partial charge < -0.3 is 15.4 Å². The van der Waals surface area contributed by atoms with Crippen molar-refractivity contribution >= 4 is 34.5 Å². The standard InChI is InChI=1S/C32H23F3N4O4/c1-43-31(42)28(19-6-3-2-4-7-19)39-29(40)22-11-15-25-21(18-22)12-16-26(37-25)38-30(41)24-8-5-17-36-27(24)20-9-13-23(14-10-20)32(33,34)35/h2-18,28H,1H3,(H,39,40)(H,37,38,41). The summed E-state index contributed by atoms with van der Waals surface area (Å²) in [7, 11) is 1.24. The molecule has 2 amide bonds. The number of halogens is 3. The number of anilines is 1. The summed E-state index contributed by atoms with van der Waals surface area (Å²) in [6.07, 6.45) is -3.04. The zero-order chi connectivity index (χ0) is 30.6. The number of alkyl halides is 3. The molecule has 2 aromatic heterocycles. The normalized spacial score (nSPS) is 11.9. The summed E-state index contributed by atoms with van der Waals surface area (Å²) < 4.78 is 43.8. The van der Waals surface area contributed by atoms with Crippen LogP contribution in [0.1, 0.15) is 37.9 Å². The predicted molar refractivity (Wildman–Crippen MR) is 153 cm³/mol. The molecule has 0 aliphatic rings. The van der Waals surface area contributed by atoms with Crippen LogP contribution < -0.4 is 10.6 Å². The third-order valence-corrected chi connectivity index (χ3v) is 6.58. The Kier molecular flexibility index (Phi) is 8.15. The highest BCUT2D eigenvalue weighted by molar-refractivity contribution is 6.08. The molecular weight excluding hydrogens is 561 g/mol. The molecule has 1 unspecified atom stereocenters. The van der Waals surface area contributed by atoms with Gasteiger partial charge in [0.2, 0.25) is 0 Å². The van der Waals surface area contributed by atoms with E-state index >= 15 is 0 Å². The molecule has 0 saturated heterocycles. The van der Waals surface area contributed by atoms with Gasteiger partial charge >= 0.3 is 12.1 Å². The Balaban J connectivity index is 1.34. The molecule has 216 valence electrons. The lowest BCUT2D eigenvalue weighted by atomic mass is 10.0. The number of hydrogen-bond acceptors (Lipinski definition) is 6. The number of nitrogens with zero attached hydrogens (tertiary/aromatic N) is 2. The first kappa shape index (κ1) is 28.9. The van der Waals surface area contributed by atoms with Crippen LogP contribution in [0.5, 0.6) is 0 Å². The molecular formula is C32H23F3N4O4. The Morgan fingerprint density at radius 1 is 0.837 bits per heavy atom. The number of aromatic nitrogens is 2. The Morgan fingerprint density at radius 2 is 1.58 bits per heavy atom. The zero-order valence-electron chi connectivity index (χ0n) is 22.6. The third kappa shape index (κ3) is 6.51. The quantitative estimate of drug-likeness (QED) is 0.220. The number of nitrogens with one attached hydrogen (secondary N) is 2. The molecule has 11 heteroatoms. The smallest absolute Gasteiger partial charge is 0.416 e. The van der Waals surface area contributed by atoms with Crippen LogP contribution in [-0.4, -0.2) is 34.9 Å². The second-order valence-corrected chi connectivity index (χ2v) is 9.37. The summed E-state index contributed by atoms with van der Waals surface area (Å²) in [5, 5.41) is 6.00. The molecule has 0 aliphatic heterocycles. The van der Waals surface area contributed by atoms with Crippen molar-refractivity contribution in [2.45, 2.75) is 12.2 Å². The molecule has 3 aromatic carbocycles. The highest BCUT2D eigenvalue weighted by atomic mass is 19.4. The number of rotatable bonds is 7. The van der Waals surface area contributed by atoms with Crippen LogP contribution in [0, 0.1) is 0 Å². The zero-order valence-corrected chi connectivity index (χ0v) is 22.6. The molecule has 0 bridgehead atoms. The van der Waals surface area contributed by atoms with Crippen molar-refractivity contribution in [2.75, 3.05) is 12.4 Å². The lowest BCUT2D eigenvalue weighted by Crippen LogP contribution is -2.34. The Morgan fingerprint density at radius 3 is 2.28 bits per heavy atom. The van der Waals surface area contributed by atoms with Gasteiger partial charge in [0.1, 0.15) is 5.82 Å². The molecule has 0 saturated carbocycles. The van der Waals surface area contributed by atoms with E-state index in [2.05, 4.69) is 20.6 Å². The maximum Gasteiger partial charge on any atom is 0.416 e. The molecule has 0 radical (unpaired) electrons. The highest BCUT2D eigenvalue weighted by Crippen LogP contribution is 2.31. The van der Waals surface area contributed by atoms with Crippen LogP contribution in [0.15, 0.2) is 103 Å². The third-order valence-electron chi connectivity index (χ3n) is 6.58. The number of hydrogen-bond donors (Lipinski definition) is 2. The van der Waals surface area contributed by atoms with Gasteiger partial charge in [-0.3, -0.25) is 14.6 Å². The SMILES string of the molecule is COC(=O)C(NC(=O)c1ccc2nc(NC(=O)c3cccnc3-c3ccc(C(F)(F)F)cc3)ccc2c1)c1ccccc1. The maximum absolute atomic E-state index is 13.2. The van der Waals surface area contributed by atoms with E-state index < -0.39 is 35.6 Å². The van der Waals surface area contributed by atoms with Gasteiger partial charge in [0.05, 0.1) is 29.4 Å². The lowest BCUT2D eigenvalue weighted by molar-refractivity contribution is -0.143. The molecule has 8 nitrogen and oxygen atoms in total. The van der Waals surface area contributed by atoms with Gasteiger partial charge in [0.25, 0.3) is 11.8 Å². The van der Waals surface area contributed by atoms with Crippen molar-refractivity contribution in [1.82, 2.24) is 15.3 Å². The van der Waals surface area contributed by atoms with Crippen LogP contribution in [-0.2, 0) is 15.7 Å². The van der Waals surface area contributed by atoms with Gasteiger partial charge in [-0.1, -0.05) is 42.5 Å². The van der Waals surface area contributed by atoms with E-state index in [4.69, 9.17) is 4.74 Å². The summed E-state index contributed by atoms with van der Waals surface area (Å²) in [4.78, 5) is 47.2. The van der Waals surface area contributed by atoms with Crippen LogP contribution in [0.2, 0.25) is 0 Å². The number of amides is 2. The predicted octanol–water partition coefficient (Wildman–Crippen LogP) is 6.21. The van der Waals surface area contributed by atoms with E-state index in [0.717, 1.165) is 12.1 Å². The fourth-order valence-corrected chi connectivity index (χ4v) is 4.41. The maximum atomic E-state index is 13.2. The molecule has 1 atom stereocenters. The van der Waals surface area contributed by atoms with Gasteiger partial charge in [0.15, 0.2) is 6.04 Å². The van der Waals surface area contributed by atoms with Crippen molar-refractivity contribution in [3.05, 3.63) is 126 Å². The number of benzene rings is 3. The van der Waals surface area contributed by atoms with Crippen LogP contribution >= 0.6 is 0 Å². The number of carbonyl (C=O) groups is 3. The summed E-state index contributed by atoms with van der Waals surface area (Å²) in [5.74, 6) is -1.45. The summed E-state index contributed by atoms with van der Waals surface area (Å²) in [6.45, 7) is 0. The number of ether oxygens (including phenoxy) is 1. The van der Waals surface area contributed by atoms with Crippen LogP contribution in [0.3, 0.4) is 0 Å². The lowest BCUT2D eigenvalue weighted by Gasteiger charge is -2.17. The number of methoxy groups -OCH3 is 1. The Bertz CT molecular complexity index is 1810. The van der Waals surface area contributed by atoms with E-state index in [9.17, 15) is 27.6 Å². The first-order chi connectivity index (χ1) is 20.6. The van der Waals surface area contributed by atoms with Gasteiger partial charge in [-0.2, -0.15) is 13.2 Å². The summed E-state index contributed by atoms with van der Waals surface area (Å²) in [5.41, 5.74) is 1.24. The van der Waals surface area contributed by atoms with Gasteiger partial charge in [-0.05, 0) is 60.2 Å². The number of esters is 1. The van der Waals surface area contributed by atoms with E-state index in [0.29, 0.717) is 22.0 Å². The molecule has 0 aliphatic carbocycles. The molecule has 5 aromatic rings. The van der Waals surface area contributed by atoms with Crippen molar-refractivity contribution in [1.29, 1.82) is 0 Å². The molecule has 2 heterocycles. The molecule has 0 fully saturated rings. The second kappa shape index (κ2) is 12.1. The van der Waals surface area contributed by atoms with E-state index in [1.807, 2.05) is 0 Å². The van der Waals surface area contributed by atoms with E-state index in [1.165, 1.54) is 31.5 Å². The van der Waals surface area contributed by atoms with Crippen LogP contribution in [0.25, 0.3) is 22.2 Å². The average molecular weight is 585 g/mol. The molecule has 2 N–H and O–H groups in total. The van der Waals surface area contributed by atoms with Crippen LogP contribution in [0.4, 0.5) is 19.0 Å².